The lowest BCUT2D eigenvalue weighted by atomic mass is 9.68. The predicted molar refractivity (Wildman–Crippen MR) is 189 cm³/mol. The largest absolute Gasteiger partial charge is 0.285 e. The first-order valence-electron chi connectivity index (χ1n) is 15.8. The SMILES string of the molecule is O=C1C(=O)c2c(F)cc(F)cc2/C1=C/c1cc2sc3c4c(sc3c2s1)-c1sc(/C=C2\C(=O)C(=O)c3cc(F)cc(F)c32)cc1C41CCCCC1. The Morgan fingerprint density at radius 1 is 0.560 bits per heavy atom. The molecule has 6 aromatic rings. The van der Waals surface area contributed by atoms with E-state index in [1.807, 2.05) is 6.07 Å². The highest BCUT2D eigenvalue weighted by molar-refractivity contribution is 7.40. The van der Waals surface area contributed by atoms with Crippen molar-refractivity contribution in [2.75, 3.05) is 0 Å². The number of hydrogen-bond acceptors (Lipinski definition) is 8. The van der Waals surface area contributed by atoms with Crippen molar-refractivity contribution in [1.82, 2.24) is 0 Å². The maximum atomic E-state index is 14.9. The molecule has 0 radical (unpaired) electrons. The highest BCUT2D eigenvalue weighted by Gasteiger charge is 2.48. The van der Waals surface area contributed by atoms with E-state index < -0.39 is 52.0 Å². The topological polar surface area (TPSA) is 68.3 Å². The Bertz CT molecular complexity index is 2710. The minimum Gasteiger partial charge on any atom is -0.285 e. The summed E-state index contributed by atoms with van der Waals surface area (Å²) in [6.07, 6.45) is 8.22. The third-order valence-corrected chi connectivity index (χ3v) is 15.4. The molecule has 1 fully saturated rings. The van der Waals surface area contributed by atoms with Gasteiger partial charge in [-0.15, -0.1) is 45.3 Å². The zero-order valence-electron chi connectivity index (χ0n) is 25.4. The zero-order chi connectivity index (χ0) is 34.4. The van der Waals surface area contributed by atoms with Gasteiger partial charge in [-0.05, 0) is 54.8 Å². The smallest absolute Gasteiger partial charge is 0.237 e. The molecule has 0 bridgehead atoms. The molecular formula is C38H18F4O4S4. The van der Waals surface area contributed by atoms with Crippen LogP contribution in [-0.2, 0) is 15.0 Å². The van der Waals surface area contributed by atoms with Gasteiger partial charge >= 0.3 is 0 Å². The molecule has 1 saturated carbocycles. The first-order chi connectivity index (χ1) is 24.0. The molecule has 4 heterocycles. The molecule has 0 aliphatic heterocycles. The average molecular weight is 743 g/mol. The minimum absolute atomic E-state index is 0.0247. The van der Waals surface area contributed by atoms with Crippen LogP contribution in [0.1, 0.15) is 84.8 Å². The number of allylic oxidation sites excluding steroid dienone is 2. The number of ketones is 4. The van der Waals surface area contributed by atoms with Gasteiger partial charge < -0.3 is 0 Å². The Balaban J connectivity index is 1.11. The quantitative estimate of drug-likeness (QED) is 0.101. The molecule has 1 spiro atoms. The van der Waals surface area contributed by atoms with E-state index in [1.54, 1.807) is 34.8 Å². The molecule has 0 unspecified atom stereocenters. The normalized spacial score (nSPS) is 19.2. The molecule has 4 aromatic heterocycles. The Labute approximate surface area is 296 Å². The summed E-state index contributed by atoms with van der Waals surface area (Å²) in [6, 6.07) is 7.24. The summed E-state index contributed by atoms with van der Waals surface area (Å²) in [5.41, 5.74) is 1.31. The van der Waals surface area contributed by atoms with Gasteiger partial charge in [0.15, 0.2) is 0 Å². The summed E-state index contributed by atoms with van der Waals surface area (Å²) in [7, 11) is 0. The summed E-state index contributed by atoms with van der Waals surface area (Å²) in [5, 5.41) is 0. The zero-order valence-corrected chi connectivity index (χ0v) is 28.7. The fraction of sp³-hybridized carbons (Fsp3) is 0.158. The monoisotopic (exact) mass is 742 g/mol. The molecule has 0 atom stereocenters. The molecule has 246 valence electrons. The number of hydrogen-bond donors (Lipinski definition) is 0. The fourth-order valence-corrected chi connectivity index (χ4v) is 14.0. The van der Waals surface area contributed by atoms with Crippen LogP contribution in [0.4, 0.5) is 17.6 Å². The van der Waals surface area contributed by atoms with Crippen LogP contribution >= 0.6 is 45.3 Å². The standard InChI is InChI=1S/C38H18F4O4S4/c39-14-6-18-19(29(43)32(46)27(18)24(42)9-14)10-17-13-25-34(48-17)37-36(49-25)28-35(50-37)33-22(38(28)4-2-1-3-5-38)12-16(47-33)11-21-26-20(30(44)31(21)45)7-15(40)8-23(26)41/h6-13H,1-5H2/b19-10-,21-11-. The van der Waals surface area contributed by atoms with Gasteiger partial charge in [0, 0.05) is 70.3 Å². The van der Waals surface area contributed by atoms with Crippen LogP contribution in [0.5, 0.6) is 0 Å². The van der Waals surface area contributed by atoms with E-state index in [4.69, 9.17) is 0 Å². The second kappa shape index (κ2) is 10.3. The molecule has 12 heteroatoms. The highest BCUT2D eigenvalue weighted by atomic mass is 32.1. The van der Waals surface area contributed by atoms with Gasteiger partial charge in [-0.2, -0.15) is 0 Å². The van der Waals surface area contributed by atoms with Crippen molar-refractivity contribution >= 4 is 111 Å². The van der Waals surface area contributed by atoms with Crippen molar-refractivity contribution < 1.29 is 36.7 Å². The third-order valence-electron chi connectivity index (χ3n) is 10.3. The van der Waals surface area contributed by atoms with Gasteiger partial charge in [0.2, 0.25) is 23.1 Å². The molecule has 0 amide bonds. The van der Waals surface area contributed by atoms with Crippen molar-refractivity contribution in [3.05, 3.63) is 103 Å². The Morgan fingerprint density at radius 2 is 1.22 bits per heavy atom. The molecule has 4 nitrogen and oxygen atoms in total. The molecule has 0 saturated heterocycles. The molecule has 4 aliphatic carbocycles. The lowest BCUT2D eigenvalue weighted by Crippen LogP contribution is -2.27. The predicted octanol–water partition coefficient (Wildman–Crippen LogP) is 10.6. The third kappa shape index (κ3) is 3.96. The van der Waals surface area contributed by atoms with E-state index in [9.17, 15) is 36.7 Å². The van der Waals surface area contributed by atoms with Gasteiger partial charge in [0.05, 0.1) is 24.5 Å². The van der Waals surface area contributed by atoms with Crippen LogP contribution in [0, 0.1) is 23.3 Å². The van der Waals surface area contributed by atoms with Crippen LogP contribution in [-0.4, -0.2) is 23.1 Å². The van der Waals surface area contributed by atoms with Crippen molar-refractivity contribution in [3.63, 3.8) is 0 Å². The number of carbonyl (C=O) groups is 4. The number of thiophene rings is 4. The van der Waals surface area contributed by atoms with E-state index in [1.165, 1.54) is 38.5 Å². The van der Waals surface area contributed by atoms with Gasteiger partial charge in [0.25, 0.3) is 0 Å². The number of benzene rings is 2. The number of fused-ring (bicyclic) bond motifs is 11. The average Bonchev–Trinajstić information content (AvgIpc) is 3.92. The summed E-state index contributed by atoms with van der Waals surface area (Å²) in [6.45, 7) is 0. The minimum atomic E-state index is -1.05. The lowest BCUT2D eigenvalue weighted by Gasteiger charge is -2.35. The first-order valence-corrected chi connectivity index (χ1v) is 19.0. The lowest BCUT2D eigenvalue weighted by molar-refractivity contribution is -0.110. The molecular weight excluding hydrogens is 725 g/mol. The van der Waals surface area contributed by atoms with Crippen LogP contribution in [0.3, 0.4) is 0 Å². The molecule has 2 aromatic carbocycles. The van der Waals surface area contributed by atoms with E-state index in [0.717, 1.165) is 68.1 Å². The van der Waals surface area contributed by atoms with Crippen molar-refractivity contribution in [2.24, 2.45) is 0 Å². The van der Waals surface area contributed by atoms with Crippen molar-refractivity contribution in [2.45, 2.75) is 37.5 Å². The maximum absolute atomic E-state index is 14.9. The molecule has 10 rings (SSSR count). The maximum Gasteiger partial charge on any atom is 0.237 e. The van der Waals surface area contributed by atoms with Gasteiger partial charge in [-0.1, -0.05) is 19.3 Å². The number of halogens is 4. The summed E-state index contributed by atoms with van der Waals surface area (Å²) >= 11 is 6.30. The van der Waals surface area contributed by atoms with E-state index in [0.29, 0.717) is 21.9 Å². The Morgan fingerprint density at radius 3 is 1.98 bits per heavy atom. The molecule has 50 heavy (non-hydrogen) atoms. The van der Waals surface area contributed by atoms with Crippen LogP contribution in [0.25, 0.3) is 51.9 Å². The summed E-state index contributed by atoms with van der Waals surface area (Å²) in [5.74, 6) is -7.38. The second-order valence-corrected chi connectivity index (χ2v) is 17.2. The second-order valence-electron chi connectivity index (χ2n) is 13.0. The van der Waals surface area contributed by atoms with E-state index in [2.05, 4.69) is 6.07 Å². The number of carbonyl (C=O) groups excluding carboxylic acids is 4. The summed E-state index contributed by atoms with van der Waals surface area (Å²) < 4.78 is 61.7. The van der Waals surface area contributed by atoms with Crippen molar-refractivity contribution in [1.29, 1.82) is 0 Å². The van der Waals surface area contributed by atoms with E-state index in [-0.39, 0.29) is 33.3 Å². The van der Waals surface area contributed by atoms with Crippen molar-refractivity contribution in [3.8, 4) is 9.75 Å². The first kappa shape index (κ1) is 30.5. The Kier molecular flexibility index (Phi) is 6.30. The van der Waals surface area contributed by atoms with Gasteiger partial charge in [0.1, 0.15) is 23.3 Å². The van der Waals surface area contributed by atoms with Gasteiger partial charge in [-0.25, -0.2) is 17.6 Å². The van der Waals surface area contributed by atoms with Crippen LogP contribution in [0.2, 0.25) is 0 Å². The van der Waals surface area contributed by atoms with E-state index >= 15 is 0 Å². The highest BCUT2D eigenvalue weighted by Crippen LogP contribution is 2.65. The van der Waals surface area contributed by atoms with Crippen LogP contribution in [0.15, 0.2) is 36.4 Å². The number of Topliss-reactive ketones (excluding diaryl/α,β-unsaturated/α-hetero) is 4. The Hall–Kier alpha value is -4.36. The molecule has 0 N–H and O–H groups in total. The number of rotatable bonds is 2. The molecule has 4 aliphatic rings. The summed E-state index contributed by atoms with van der Waals surface area (Å²) in [4.78, 5) is 54.7. The van der Waals surface area contributed by atoms with Crippen LogP contribution < -0.4 is 0 Å². The van der Waals surface area contributed by atoms with Gasteiger partial charge in [-0.3, -0.25) is 19.2 Å². The fourth-order valence-electron chi connectivity index (χ4n) is 8.20.